The number of aryl methyl sites for hydroxylation is 1. The second kappa shape index (κ2) is 15.7. The first kappa shape index (κ1) is 32.4. The standard InChI is InChI=1S/C33H41ClN2O4S/c1-4-6-7-25(5-2)14-21-32(37)31(22-26-10-15-28(34)16-11-26)36-33(38)35-29-17-12-27(13-18-29)23-41(39,40)30-19-8-24(3)9-20-30/h8-13,15-20,25,31H,4-7,14,21-23H2,1-3H3,(H2,35,36,38)/t25?,31-/m1/s1. The molecule has 0 saturated heterocycles. The van der Waals surface area contributed by atoms with Gasteiger partial charge in [-0.2, -0.15) is 0 Å². The van der Waals surface area contributed by atoms with Crippen LogP contribution in [-0.2, 0) is 26.8 Å². The number of unbranched alkanes of at least 4 members (excludes halogenated alkanes) is 1. The minimum absolute atomic E-state index is 0.00158. The maximum absolute atomic E-state index is 13.3. The number of sulfone groups is 1. The highest BCUT2D eigenvalue weighted by molar-refractivity contribution is 7.90. The zero-order valence-corrected chi connectivity index (χ0v) is 25.7. The molecule has 0 aliphatic rings. The van der Waals surface area contributed by atoms with Gasteiger partial charge in [-0.25, -0.2) is 13.2 Å². The molecule has 220 valence electrons. The van der Waals surface area contributed by atoms with Crippen LogP contribution >= 0.6 is 11.6 Å². The number of Topliss-reactive ketones (excluding diaryl/α,β-unsaturated/α-hetero) is 1. The summed E-state index contributed by atoms with van der Waals surface area (Å²) in [7, 11) is -3.49. The van der Waals surface area contributed by atoms with Crippen molar-refractivity contribution in [3.05, 3.63) is 94.5 Å². The number of rotatable bonds is 15. The number of halogens is 1. The molecule has 2 atom stereocenters. The Bertz CT molecular complexity index is 1370. The van der Waals surface area contributed by atoms with E-state index in [2.05, 4.69) is 24.5 Å². The Morgan fingerprint density at radius 3 is 2.10 bits per heavy atom. The van der Waals surface area contributed by atoms with Crippen LogP contribution in [-0.4, -0.2) is 26.3 Å². The van der Waals surface area contributed by atoms with Crippen LogP contribution < -0.4 is 10.6 Å². The van der Waals surface area contributed by atoms with E-state index < -0.39 is 21.9 Å². The lowest BCUT2D eigenvalue weighted by atomic mass is 9.91. The summed E-state index contributed by atoms with van der Waals surface area (Å²) in [6.45, 7) is 6.23. The van der Waals surface area contributed by atoms with Gasteiger partial charge in [-0.15, -0.1) is 0 Å². The van der Waals surface area contributed by atoms with Crippen LogP contribution in [0.1, 0.15) is 69.1 Å². The number of hydrogen-bond donors (Lipinski definition) is 2. The quantitative estimate of drug-likeness (QED) is 0.186. The number of benzene rings is 3. The second-order valence-corrected chi connectivity index (χ2v) is 13.1. The largest absolute Gasteiger partial charge is 0.328 e. The highest BCUT2D eigenvalue weighted by Gasteiger charge is 2.22. The van der Waals surface area contributed by atoms with Crippen molar-refractivity contribution in [3.8, 4) is 0 Å². The Morgan fingerprint density at radius 2 is 1.49 bits per heavy atom. The van der Waals surface area contributed by atoms with E-state index in [9.17, 15) is 18.0 Å². The molecule has 3 rings (SSSR count). The topological polar surface area (TPSA) is 92.3 Å². The minimum atomic E-state index is -3.49. The van der Waals surface area contributed by atoms with Gasteiger partial charge in [-0.3, -0.25) is 4.79 Å². The van der Waals surface area contributed by atoms with E-state index in [0.717, 1.165) is 43.2 Å². The van der Waals surface area contributed by atoms with Crippen molar-refractivity contribution >= 4 is 38.9 Å². The lowest BCUT2D eigenvalue weighted by Crippen LogP contribution is -2.44. The Morgan fingerprint density at radius 1 is 0.854 bits per heavy atom. The predicted octanol–water partition coefficient (Wildman–Crippen LogP) is 7.92. The van der Waals surface area contributed by atoms with E-state index in [1.165, 1.54) is 0 Å². The van der Waals surface area contributed by atoms with Gasteiger partial charge >= 0.3 is 6.03 Å². The molecular weight excluding hydrogens is 556 g/mol. The summed E-state index contributed by atoms with van der Waals surface area (Å²) in [5, 5.41) is 6.26. The van der Waals surface area contributed by atoms with Crippen molar-refractivity contribution in [2.24, 2.45) is 5.92 Å². The van der Waals surface area contributed by atoms with Crippen LogP contribution in [0.2, 0.25) is 5.02 Å². The van der Waals surface area contributed by atoms with E-state index in [1.807, 2.05) is 19.1 Å². The van der Waals surface area contributed by atoms with E-state index >= 15 is 0 Å². The van der Waals surface area contributed by atoms with Gasteiger partial charge in [0.05, 0.1) is 16.7 Å². The van der Waals surface area contributed by atoms with Crippen LogP contribution in [0.3, 0.4) is 0 Å². The third-order valence-corrected chi connectivity index (χ3v) is 9.29. The maximum Gasteiger partial charge on any atom is 0.319 e. The molecule has 0 bridgehead atoms. The molecule has 6 nitrogen and oxygen atoms in total. The molecule has 0 aliphatic carbocycles. The molecule has 8 heteroatoms. The zero-order valence-electron chi connectivity index (χ0n) is 24.2. The molecule has 0 spiro atoms. The van der Waals surface area contributed by atoms with Crippen molar-refractivity contribution < 1.29 is 18.0 Å². The number of hydrogen-bond acceptors (Lipinski definition) is 4. The molecule has 0 saturated carbocycles. The van der Waals surface area contributed by atoms with Crippen molar-refractivity contribution in [2.75, 3.05) is 5.32 Å². The molecule has 1 unspecified atom stereocenters. The number of ketones is 1. The third kappa shape index (κ3) is 10.6. The van der Waals surface area contributed by atoms with Crippen LogP contribution in [0, 0.1) is 12.8 Å². The van der Waals surface area contributed by atoms with Gasteiger partial charge in [-0.05, 0) is 73.2 Å². The average molecular weight is 597 g/mol. The summed E-state index contributed by atoms with van der Waals surface area (Å²) < 4.78 is 25.6. The first-order valence-electron chi connectivity index (χ1n) is 14.3. The predicted molar refractivity (Wildman–Crippen MR) is 167 cm³/mol. The first-order valence-corrected chi connectivity index (χ1v) is 16.4. The minimum Gasteiger partial charge on any atom is -0.328 e. The second-order valence-electron chi connectivity index (χ2n) is 10.7. The van der Waals surface area contributed by atoms with Gasteiger partial charge in [0.1, 0.15) is 0 Å². The summed E-state index contributed by atoms with van der Waals surface area (Å²) in [5.74, 6) is 0.357. The third-order valence-electron chi connectivity index (χ3n) is 7.34. The highest BCUT2D eigenvalue weighted by Crippen LogP contribution is 2.21. The van der Waals surface area contributed by atoms with Crippen molar-refractivity contribution in [3.63, 3.8) is 0 Å². The van der Waals surface area contributed by atoms with Crippen molar-refractivity contribution in [2.45, 2.75) is 82.4 Å². The Balaban J connectivity index is 1.64. The van der Waals surface area contributed by atoms with Crippen LogP contribution in [0.5, 0.6) is 0 Å². The number of nitrogens with one attached hydrogen (secondary N) is 2. The molecule has 0 fully saturated rings. The fourth-order valence-corrected chi connectivity index (χ4v) is 6.20. The van der Waals surface area contributed by atoms with Gasteiger partial charge in [0.25, 0.3) is 0 Å². The molecule has 2 N–H and O–H groups in total. The van der Waals surface area contributed by atoms with Crippen molar-refractivity contribution in [1.82, 2.24) is 5.32 Å². The van der Waals surface area contributed by atoms with Gasteiger partial charge < -0.3 is 10.6 Å². The lowest BCUT2D eigenvalue weighted by Gasteiger charge is -2.20. The number of amides is 2. The molecule has 3 aromatic carbocycles. The molecular formula is C33H41ClN2O4S. The van der Waals surface area contributed by atoms with Gasteiger partial charge in [0.15, 0.2) is 15.6 Å². The van der Waals surface area contributed by atoms with Crippen LogP contribution in [0.4, 0.5) is 10.5 Å². The fraction of sp³-hybridized carbons (Fsp3) is 0.394. The lowest BCUT2D eigenvalue weighted by molar-refractivity contribution is -0.121. The Hall–Kier alpha value is -3.16. The molecule has 41 heavy (non-hydrogen) atoms. The Labute approximate surface area is 249 Å². The monoisotopic (exact) mass is 596 g/mol. The molecule has 0 aliphatic heterocycles. The van der Waals surface area contributed by atoms with Gasteiger partial charge in [0, 0.05) is 17.1 Å². The number of carbonyl (C=O) groups is 2. The zero-order chi connectivity index (χ0) is 29.8. The average Bonchev–Trinajstić information content (AvgIpc) is 2.95. The van der Waals surface area contributed by atoms with E-state index in [0.29, 0.717) is 35.0 Å². The van der Waals surface area contributed by atoms with Crippen LogP contribution in [0.25, 0.3) is 0 Å². The molecule has 0 radical (unpaired) electrons. The maximum atomic E-state index is 13.3. The number of urea groups is 1. The molecule has 2 amide bonds. The number of carbonyl (C=O) groups excluding carboxylic acids is 2. The fourth-order valence-electron chi connectivity index (χ4n) is 4.73. The van der Waals surface area contributed by atoms with E-state index in [-0.39, 0.29) is 16.4 Å². The first-order chi connectivity index (χ1) is 19.6. The summed E-state index contributed by atoms with van der Waals surface area (Å²) in [6.07, 6.45) is 6.01. The SMILES string of the molecule is CCCCC(CC)CCC(=O)[C@@H](Cc1ccc(Cl)cc1)NC(=O)Nc1ccc(CS(=O)(=O)c2ccc(C)cc2)cc1. The van der Waals surface area contributed by atoms with Gasteiger partial charge in [0.2, 0.25) is 0 Å². The molecule has 0 heterocycles. The van der Waals surface area contributed by atoms with E-state index in [1.54, 1.807) is 60.7 Å². The summed E-state index contributed by atoms with van der Waals surface area (Å²) in [6, 6.07) is 19.6. The van der Waals surface area contributed by atoms with Crippen molar-refractivity contribution in [1.29, 1.82) is 0 Å². The van der Waals surface area contributed by atoms with E-state index in [4.69, 9.17) is 11.6 Å². The summed E-state index contributed by atoms with van der Waals surface area (Å²) in [5.41, 5.74) is 3.01. The van der Waals surface area contributed by atoms with Crippen LogP contribution in [0.15, 0.2) is 77.7 Å². The Kier molecular flexibility index (Phi) is 12.4. The molecule has 3 aromatic rings. The number of anilines is 1. The normalized spacial score (nSPS) is 12.9. The molecule has 0 aromatic heterocycles. The van der Waals surface area contributed by atoms with Gasteiger partial charge in [-0.1, -0.05) is 93.1 Å². The summed E-state index contributed by atoms with van der Waals surface area (Å²) in [4.78, 5) is 26.5. The summed E-state index contributed by atoms with van der Waals surface area (Å²) >= 11 is 6.03. The smallest absolute Gasteiger partial charge is 0.319 e. The highest BCUT2D eigenvalue weighted by atomic mass is 35.5.